The van der Waals surface area contributed by atoms with Gasteiger partial charge in [0.1, 0.15) is 5.38 Å². The van der Waals surface area contributed by atoms with Crippen LogP contribution in [0.5, 0.6) is 0 Å². The highest BCUT2D eigenvalue weighted by Crippen LogP contribution is 2.25. The maximum atomic E-state index is 13.1. The van der Waals surface area contributed by atoms with Crippen molar-refractivity contribution < 1.29 is 4.79 Å². The van der Waals surface area contributed by atoms with Crippen LogP contribution < -0.4 is 0 Å². The molecule has 0 fully saturated rings. The van der Waals surface area contributed by atoms with Gasteiger partial charge >= 0.3 is 0 Å². The van der Waals surface area contributed by atoms with Gasteiger partial charge in [0.15, 0.2) is 0 Å². The second-order valence-electron chi connectivity index (χ2n) is 7.45. The van der Waals surface area contributed by atoms with E-state index < -0.39 is 5.38 Å². The molecule has 0 aliphatic rings. The summed E-state index contributed by atoms with van der Waals surface area (Å²) in [7, 11) is 0. The fraction of sp³-hybridized carbons (Fsp3) is 0.292. The Morgan fingerprint density at radius 2 is 1.68 bits per heavy atom. The number of halogens is 1. The summed E-state index contributed by atoms with van der Waals surface area (Å²) in [5, 5.41) is -0.677. The third kappa shape index (κ3) is 4.85. The number of hydrogen-bond donors (Lipinski definition) is 0. The second kappa shape index (κ2) is 9.11. The van der Waals surface area contributed by atoms with E-state index in [4.69, 9.17) is 11.6 Å². The summed E-state index contributed by atoms with van der Waals surface area (Å²) in [4.78, 5) is 15.0. The van der Waals surface area contributed by atoms with Crippen molar-refractivity contribution in [3.8, 4) is 0 Å². The van der Waals surface area contributed by atoms with Gasteiger partial charge in [-0.15, -0.1) is 11.6 Å². The van der Waals surface area contributed by atoms with E-state index in [0.29, 0.717) is 6.54 Å². The number of benzene rings is 2. The van der Waals surface area contributed by atoms with Crippen LogP contribution in [0.15, 0.2) is 72.9 Å². The summed E-state index contributed by atoms with van der Waals surface area (Å²) in [6, 6.07) is 22.2. The van der Waals surface area contributed by atoms with Crippen molar-refractivity contribution in [3.63, 3.8) is 0 Å². The van der Waals surface area contributed by atoms with Crippen LogP contribution in [0.25, 0.3) is 0 Å². The van der Waals surface area contributed by atoms with Crippen molar-refractivity contribution in [2.75, 3.05) is 0 Å². The Labute approximate surface area is 172 Å². The first-order valence-electron chi connectivity index (χ1n) is 9.64. The van der Waals surface area contributed by atoms with Gasteiger partial charge in [0, 0.05) is 24.5 Å². The minimum absolute atomic E-state index is 0.0557. The molecule has 0 N–H and O–H groups in total. The second-order valence-corrected chi connectivity index (χ2v) is 7.88. The maximum absolute atomic E-state index is 13.1. The van der Waals surface area contributed by atoms with Crippen LogP contribution in [0.4, 0.5) is 0 Å². The van der Waals surface area contributed by atoms with Gasteiger partial charge in [0.25, 0.3) is 0 Å². The standard InChI is InChI=1S/C24H27ClN2O/c1-18(2)27(24(28)23(25)21-8-5-4-6-9-21)17-22-10-7-15-26(22)16-20-13-11-19(3)12-14-20/h4-15,18,23H,16-17H2,1-3H3. The molecule has 0 spiro atoms. The Morgan fingerprint density at radius 1 is 1.00 bits per heavy atom. The summed E-state index contributed by atoms with van der Waals surface area (Å²) in [5.74, 6) is -0.0639. The lowest BCUT2D eigenvalue weighted by atomic mass is 10.1. The number of rotatable bonds is 7. The predicted octanol–water partition coefficient (Wildman–Crippen LogP) is 5.56. The molecular formula is C24H27ClN2O. The normalized spacial score (nSPS) is 12.2. The van der Waals surface area contributed by atoms with E-state index in [1.54, 1.807) is 0 Å². The van der Waals surface area contributed by atoms with E-state index in [1.165, 1.54) is 11.1 Å². The SMILES string of the molecule is Cc1ccc(Cn2cccc2CN(C(=O)C(Cl)c2ccccc2)C(C)C)cc1. The molecule has 1 amide bonds. The number of carbonyl (C=O) groups excluding carboxylic acids is 1. The largest absolute Gasteiger partial charge is 0.345 e. The first kappa shape index (κ1) is 20.2. The van der Waals surface area contributed by atoms with Crippen LogP contribution in [0.1, 0.15) is 41.6 Å². The monoisotopic (exact) mass is 394 g/mol. The van der Waals surface area contributed by atoms with Crippen molar-refractivity contribution >= 4 is 17.5 Å². The molecule has 28 heavy (non-hydrogen) atoms. The summed E-state index contributed by atoms with van der Waals surface area (Å²) >= 11 is 6.52. The lowest BCUT2D eigenvalue weighted by Gasteiger charge is -2.29. The van der Waals surface area contributed by atoms with Crippen molar-refractivity contribution in [1.82, 2.24) is 9.47 Å². The van der Waals surface area contributed by atoms with Gasteiger partial charge in [-0.2, -0.15) is 0 Å². The van der Waals surface area contributed by atoms with Crippen molar-refractivity contribution in [2.24, 2.45) is 0 Å². The topological polar surface area (TPSA) is 25.2 Å². The summed E-state index contributed by atoms with van der Waals surface area (Å²) < 4.78 is 2.19. The molecule has 0 aliphatic heterocycles. The van der Waals surface area contributed by atoms with Crippen LogP contribution in [0, 0.1) is 6.92 Å². The summed E-state index contributed by atoms with van der Waals surface area (Å²) in [6.45, 7) is 7.46. The molecule has 146 valence electrons. The lowest BCUT2D eigenvalue weighted by molar-refractivity contribution is -0.133. The number of aryl methyl sites for hydroxylation is 1. The smallest absolute Gasteiger partial charge is 0.245 e. The molecule has 0 aliphatic carbocycles. The highest BCUT2D eigenvalue weighted by Gasteiger charge is 2.26. The molecule has 3 rings (SSSR count). The Kier molecular flexibility index (Phi) is 6.58. The van der Waals surface area contributed by atoms with Crippen LogP contribution in [-0.2, 0) is 17.9 Å². The molecule has 1 heterocycles. The van der Waals surface area contributed by atoms with E-state index in [0.717, 1.165) is 17.8 Å². The van der Waals surface area contributed by atoms with E-state index in [-0.39, 0.29) is 11.9 Å². The zero-order valence-corrected chi connectivity index (χ0v) is 17.4. The zero-order chi connectivity index (χ0) is 20.1. The molecule has 0 bridgehead atoms. The molecule has 2 aromatic carbocycles. The molecule has 0 saturated heterocycles. The Hall–Kier alpha value is -2.52. The van der Waals surface area contributed by atoms with Gasteiger partial charge in [0.05, 0.1) is 6.54 Å². The third-order valence-electron chi connectivity index (χ3n) is 4.94. The van der Waals surface area contributed by atoms with Crippen LogP contribution >= 0.6 is 11.6 Å². The summed E-state index contributed by atoms with van der Waals surface area (Å²) in [5.41, 5.74) is 4.42. The number of hydrogen-bond acceptors (Lipinski definition) is 1. The van der Waals surface area contributed by atoms with Crippen LogP contribution in [0.3, 0.4) is 0 Å². The van der Waals surface area contributed by atoms with E-state index >= 15 is 0 Å². The fourth-order valence-corrected chi connectivity index (χ4v) is 3.51. The lowest BCUT2D eigenvalue weighted by Crippen LogP contribution is -2.39. The minimum atomic E-state index is -0.677. The van der Waals surface area contributed by atoms with Gasteiger partial charge in [-0.1, -0.05) is 60.2 Å². The molecule has 4 heteroatoms. The average Bonchev–Trinajstić information content (AvgIpc) is 3.14. The van der Waals surface area contributed by atoms with Gasteiger partial charge in [0.2, 0.25) is 5.91 Å². The quantitative estimate of drug-likeness (QED) is 0.481. The number of carbonyl (C=O) groups is 1. The zero-order valence-electron chi connectivity index (χ0n) is 16.7. The first-order chi connectivity index (χ1) is 13.5. The Morgan fingerprint density at radius 3 is 2.32 bits per heavy atom. The maximum Gasteiger partial charge on any atom is 0.245 e. The van der Waals surface area contributed by atoms with Gasteiger partial charge in [-0.25, -0.2) is 0 Å². The molecule has 0 saturated carbocycles. The molecule has 3 aromatic rings. The average molecular weight is 395 g/mol. The van der Waals surface area contributed by atoms with Crippen molar-refractivity contribution in [2.45, 2.75) is 45.3 Å². The fourth-order valence-electron chi connectivity index (χ4n) is 3.24. The van der Waals surface area contributed by atoms with Gasteiger partial charge in [-0.3, -0.25) is 4.79 Å². The van der Waals surface area contributed by atoms with E-state index in [2.05, 4.69) is 48.0 Å². The summed E-state index contributed by atoms with van der Waals surface area (Å²) in [6.07, 6.45) is 2.06. The number of nitrogens with zero attached hydrogens (tertiary/aromatic N) is 2. The first-order valence-corrected chi connectivity index (χ1v) is 10.1. The highest BCUT2D eigenvalue weighted by molar-refractivity contribution is 6.30. The van der Waals surface area contributed by atoms with E-state index in [1.807, 2.05) is 55.1 Å². The predicted molar refractivity (Wildman–Crippen MR) is 115 cm³/mol. The molecule has 1 unspecified atom stereocenters. The molecule has 1 aromatic heterocycles. The van der Waals surface area contributed by atoms with Gasteiger partial charge < -0.3 is 9.47 Å². The number of aromatic nitrogens is 1. The molecule has 1 atom stereocenters. The minimum Gasteiger partial charge on any atom is -0.345 e. The highest BCUT2D eigenvalue weighted by atomic mass is 35.5. The Bertz CT molecular complexity index is 900. The number of amides is 1. The molecule has 3 nitrogen and oxygen atoms in total. The van der Waals surface area contributed by atoms with Gasteiger partial charge in [-0.05, 0) is 44.0 Å². The van der Waals surface area contributed by atoms with Crippen LogP contribution in [-0.4, -0.2) is 21.4 Å². The molecular weight excluding hydrogens is 368 g/mol. The molecule has 0 radical (unpaired) electrons. The number of alkyl halides is 1. The van der Waals surface area contributed by atoms with Crippen LogP contribution in [0.2, 0.25) is 0 Å². The third-order valence-corrected chi connectivity index (χ3v) is 5.38. The Balaban J connectivity index is 1.77. The van der Waals surface area contributed by atoms with Crippen molar-refractivity contribution in [3.05, 3.63) is 95.3 Å². The van der Waals surface area contributed by atoms with Crippen molar-refractivity contribution in [1.29, 1.82) is 0 Å². The van der Waals surface area contributed by atoms with E-state index in [9.17, 15) is 4.79 Å².